The number of carbonyl (C=O) groups excluding carboxylic acids is 1. The molecule has 1 N–H and O–H groups in total. The van der Waals surface area contributed by atoms with Crippen molar-refractivity contribution in [2.75, 3.05) is 7.11 Å². The molecular formula is C24H35FO3S. The van der Waals surface area contributed by atoms with Crippen molar-refractivity contribution in [1.29, 1.82) is 0 Å². The van der Waals surface area contributed by atoms with Crippen LogP contribution in [-0.2, 0) is 11.2 Å². The van der Waals surface area contributed by atoms with Gasteiger partial charge in [0.05, 0.1) is 13.2 Å². The van der Waals surface area contributed by atoms with Gasteiger partial charge in [-0.2, -0.15) is 0 Å². The van der Waals surface area contributed by atoms with E-state index in [1.165, 1.54) is 29.7 Å². The summed E-state index contributed by atoms with van der Waals surface area (Å²) in [6.07, 6.45) is 12.7. The Morgan fingerprint density at radius 3 is 2.86 bits per heavy atom. The second kappa shape index (κ2) is 10.2. The molecule has 1 aromatic heterocycles. The molecule has 29 heavy (non-hydrogen) atoms. The van der Waals surface area contributed by atoms with Crippen LogP contribution in [0.1, 0.15) is 79.3 Å². The van der Waals surface area contributed by atoms with Gasteiger partial charge in [0.2, 0.25) is 0 Å². The van der Waals surface area contributed by atoms with Gasteiger partial charge >= 0.3 is 5.97 Å². The van der Waals surface area contributed by atoms with E-state index in [1.807, 2.05) is 24.3 Å². The Hall–Kier alpha value is -1.20. The highest BCUT2D eigenvalue weighted by Gasteiger charge is 2.41. The van der Waals surface area contributed by atoms with Gasteiger partial charge in [-0.3, -0.25) is 0 Å². The smallest absolute Gasteiger partial charge is 0.348 e. The number of thiophene rings is 1. The number of carbonyl (C=O) groups is 1. The number of aliphatic hydroxyl groups is 1. The fourth-order valence-corrected chi connectivity index (χ4v) is 6.06. The molecule has 0 bridgehead atoms. The predicted octanol–water partition coefficient (Wildman–Crippen LogP) is 6.11. The Bertz CT molecular complexity index is 689. The third-order valence-electron chi connectivity index (χ3n) is 7.30. The molecule has 0 aliphatic heterocycles. The Morgan fingerprint density at radius 1 is 1.41 bits per heavy atom. The summed E-state index contributed by atoms with van der Waals surface area (Å²) in [6, 6.07) is 3.81. The van der Waals surface area contributed by atoms with E-state index in [2.05, 4.69) is 6.92 Å². The Balaban J connectivity index is 1.46. The van der Waals surface area contributed by atoms with E-state index in [9.17, 15) is 14.3 Å². The zero-order valence-corrected chi connectivity index (χ0v) is 18.6. The van der Waals surface area contributed by atoms with E-state index in [-0.39, 0.29) is 23.4 Å². The van der Waals surface area contributed by atoms with E-state index in [4.69, 9.17) is 4.74 Å². The Kier molecular flexibility index (Phi) is 7.92. The number of allylic oxidation sites excluding steroid dienone is 1. The first-order valence-electron chi connectivity index (χ1n) is 11.1. The number of ether oxygens (including phenoxy) is 1. The molecule has 3 nitrogen and oxygen atoms in total. The molecule has 0 aromatic carbocycles. The Morgan fingerprint density at radius 2 is 2.21 bits per heavy atom. The van der Waals surface area contributed by atoms with E-state index >= 15 is 0 Å². The van der Waals surface area contributed by atoms with Crippen LogP contribution in [0.5, 0.6) is 0 Å². The van der Waals surface area contributed by atoms with Crippen molar-refractivity contribution in [3.63, 3.8) is 0 Å². The van der Waals surface area contributed by atoms with Gasteiger partial charge in [0, 0.05) is 10.8 Å². The quantitative estimate of drug-likeness (QED) is 0.365. The highest BCUT2D eigenvalue weighted by molar-refractivity contribution is 7.13. The first kappa shape index (κ1) is 22.5. The van der Waals surface area contributed by atoms with Crippen LogP contribution in [0.2, 0.25) is 0 Å². The summed E-state index contributed by atoms with van der Waals surface area (Å²) in [6.45, 7) is 2.17. The third-order valence-corrected chi connectivity index (χ3v) is 8.42. The highest BCUT2D eigenvalue weighted by atomic mass is 32.1. The van der Waals surface area contributed by atoms with Gasteiger partial charge in [-0.05, 0) is 81.3 Å². The fourth-order valence-electron chi connectivity index (χ4n) is 5.10. The molecule has 0 saturated heterocycles. The molecule has 2 saturated carbocycles. The first-order chi connectivity index (χ1) is 14.0. The topological polar surface area (TPSA) is 46.5 Å². The maximum atomic E-state index is 14.5. The summed E-state index contributed by atoms with van der Waals surface area (Å²) < 4.78 is 19.2. The number of halogens is 1. The predicted molar refractivity (Wildman–Crippen MR) is 116 cm³/mol. The molecule has 0 amide bonds. The van der Waals surface area contributed by atoms with Crippen LogP contribution in [-0.4, -0.2) is 30.5 Å². The van der Waals surface area contributed by atoms with Gasteiger partial charge in [-0.15, -0.1) is 11.3 Å². The molecule has 1 heterocycles. The van der Waals surface area contributed by atoms with Crippen molar-refractivity contribution >= 4 is 17.3 Å². The largest absolute Gasteiger partial charge is 0.465 e. The zero-order valence-electron chi connectivity index (χ0n) is 17.7. The average Bonchev–Trinajstić information content (AvgIpc) is 3.29. The highest BCUT2D eigenvalue weighted by Crippen LogP contribution is 2.47. The normalized spacial score (nSPS) is 27.1. The van der Waals surface area contributed by atoms with Crippen LogP contribution < -0.4 is 0 Å². The maximum Gasteiger partial charge on any atom is 0.348 e. The van der Waals surface area contributed by atoms with E-state index in [0.29, 0.717) is 23.6 Å². The summed E-state index contributed by atoms with van der Waals surface area (Å²) in [5.74, 6) is 0.0776. The molecule has 2 aliphatic carbocycles. The van der Waals surface area contributed by atoms with Crippen molar-refractivity contribution in [2.45, 2.75) is 83.4 Å². The number of aliphatic hydroxyl groups excluding tert-OH is 1. The second-order valence-corrected chi connectivity index (χ2v) is 10.00. The molecule has 0 radical (unpaired) electrons. The van der Waals surface area contributed by atoms with E-state index in [0.717, 1.165) is 44.9 Å². The molecule has 3 rings (SSSR count). The van der Waals surface area contributed by atoms with Crippen LogP contribution in [0.15, 0.2) is 24.3 Å². The molecule has 162 valence electrons. The lowest BCUT2D eigenvalue weighted by Crippen LogP contribution is -2.40. The van der Waals surface area contributed by atoms with Crippen molar-refractivity contribution in [3.05, 3.63) is 34.0 Å². The summed E-state index contributed by atoms with van der Waals surface area (Å²) >= 11 is 1.49. The van der Waals surface area contributed by atoms with E-state index in [1.54, 1.807) is 0 Å². The Labute approximate surface area is 178 Å². The van der Waals surface area contributed by atoms with Crippen molar-refractivity contribution < 1.29 is 19.0 Å². The molecule has 3 unspecified atom stereocenters. The fraction of sp³-hybridized carbons (Fsp3) is 0.708. The minimum Gasteiger partial charge on any atom is -0.465 e. The lowest BCUT2D eigenvalue weighted by Gasteiger charge is -2.45. The van der Waals surface area contributed by atoms with Crippen molar-refractivity contribution in [3.8, 4) is 0 Å². The standard InChI is InChI=1S/C24H35FO3S/c1-3-24(15-6-16-24)22(26)10-5-9-19-17(11-13-20(19)25)7-4-8-18-12-14-21(29-18)23(27)28-2/h5,9,12,14,17,19-20,22,26H,3-4,6-8,10-11,13,15-16H2,1-2H3/b9-5+/t17?,19?,20-,22?/m1/s1. The molecule has 0 spiro atoms. The third kappa shape index (κ3) is 5.29. The summed E-state index contributed by atoms with van der Waals surface area (Å²) in [5, 5.41) is 10.6. The number of hydrogen-bond acceptors (Lipinski definition) is 4. The van der Waals surface area contributed by atoms with Gasteiger partial charge < -0.3 is 9.84 Å². The van der Waals surface area contributed by atoms with Gasteiger partial charge in [0.25, 0.3) is 0 Å². The zero-order chi connectivity index (χ0) is 20.9. The van der Waals surface area contributed by atoms with Gasteiger partial charge in [0.1, 0.15) is 11.0 Å². The second-order valence-electron chi connectivity index (χ2n) is 8.83. The monoisotopic (exact) mass is 422 g/mol. The number of aryl methyl sites for hydroxylation is 1. The van der Waals surface area contributed by atoms with Crippen LogP contribution in [0, 0.1) is 17.3 Å². The van der Waals surface area contributed by atoms with Crippen molar-refractivity contribution in [2.24, 2.45) is 17.3 Å². The summed E-state index contributed by atoms with van der Waals surface area (Å²) in [4.78, 5) is 13.4. The van der Waals surface area contributed by atoms with Gasteiger partial charge in [-0.25, -0.2) is 9.18 Å². The van der Waals surface area contributed by atoms with Crippen LogP contribution in [0.25, 0.3) is 0 Å². The van der Waals surface area contributed by atoms with Crippen molar-refractivity contribution in [1.82, 2.24) is 0 Å². The minimum absolute atomic E-state index is 0.0184. The summed E-state index contributed by atoms with van der Waals surface area (Å²) in [5.41, 5.74) is 0.109. The SMILES string of the molecule is CCC1(C(O)C/C=C/C2C(CCCc3ccc(C(=O)OC)s3)CC[C@H]2F)CCC1. The molecule has 2 fully saturated rings. The maximum absolute atomic E-state index is 14.5. The molecule has 4 atom stereocenters. The lowest BCUT2D eigenvalue weighted by molar-refractivity contribution is -0.0355. The van der Waals surface area contributed by atoms with Gasteiger partial charge in [0.15, 0.2) is 0 Å². The van der Waals surface area contributed by atoms with Gasteiger partial charge in [-0.1, -0.05) is 25.5 Å². The minimum atomic E-state index is -0.759. The lowest BCUT2D eigenvalue weighted by atomic mass is 9.63. The molecule has 2 aliphatic rings. The number of hydrogen-bond donors (Lipinski definition) is 1. The number of methoxy groups -OCH3 is 1. The molecule has 1 aromatic rings. The van der Waals surface area contributed by atoms with Crippen LogP contribution in [0.3, 0.4) is 0 Å². The van der Waals surface area contributed by atoms with Crippen LogP contribution >= 0.6 is 11.3 Å². The first-order valence-corrected chi connectivity index (χ1v) is 12.0. The van der Waals surface area contributed by atoms with E-state index < -0.39 is 6.17 Å². The number of alkyl halides is 1. The molecule has 5 heteroatoms. The number of rotatable bonds is 10. The van der Waals surface area contributed by atoms with Crippen LogP contribution in [0.4, 0.5) is 4.39 Å². The summed E-state index contributed by atoms with van der Waals surface area (Å²) in [7, 11) is 1.40. The molecular weight excluding hydrogens is 387 g/mol. The number of esters is 1. The average molecular weight is 423 g/mol.